The van der Waals surface area contributed by atoms with Crippen molar-refractivity contribution in [3.63, 3.8) is 0 Å². The predicted molar refractivity (Wildman–Crippen MR) is 117 cm³/mol. The Morgan fingerprint density at radius 3 is 2.33 bits per heavy atom. The normalized spacial score (nSPS) is 11.8. The average molecular weight is 404 g/mol. The molecule has 0 aliphatic carbocycles. The summed E-state index contributed by atoms with van der Waals surface area (Å²) in [4.78, 5) is 30.1. The van der Waals surface area contributed by atoms with Crippen molar-refractivity contribution in [2.75, 3.05) is 0 Å². The van der Waals surface area contributed by atoms with E-state index in [2.05, 4.69) is 10.1 Å². The minimum absolute atomic E-state index is 0.344. The number of imidazole rings is 1. The Kier molecular flexibility index (Phi) is 4.77. The molecular weight excluding hydrogens is 380 g/mol. The van der Waals surface area contributed by atoms with E-state index >= 15 is 0 Å². The second-order valence-corrected chi connectivity index (χ2v) is 7.42. The minimum Gasteiger partial charge on any atom is -0.299 e. The van der Waals surface area contributed by atoms with E-state index in [1.807, 2.05) is 67.8 Å². The number of benzene rings is 1. The Bertz CT molecular complexity index is 1400. The van der Waals surface area contributed by atoms with Crippen molar-refractivity contribution in [1.82, 2.24) is 28.5 Å². The van der Waals surface area contributed by atoms with Crippen LogP contribution in [0.2, 0.25) is 0 Å². The fraction of sp³-hybridized carbons (Fsp3) is 0.273. The molecule has 3 heterocycles. The van der Waals surface area contributed by atoms with Crippen molar-refractivity contribution in [3.8, 4) is 5.95 Å². The minimum atomic E-state index is -0.409. The summed E-state index contributed by atoms with van der Waals surface area (Å²) >= 11 is 0. The standard InChI is InChI=1S/C22H24N6O2/c1-14-15(2)24-28(16(14)3)21-23-19-18(20(29)26(5)22(30)25(19)4)27(21)13-9-12-17-10-7-6-8-11-17/h6-12H,13H2,1-5H3. The highest BCUT2D eigenvalue weighted by Gasteiger charge is 2.22. The van der Waals surface area contributed by atoms with Crippen molar-refractivity contribution in [2.45, 2.75) is 27.3 Å². The third kappa shape index (κ3) is 3.01. The van der Waals surface area contributed by atoms with Crippen LogP contribution in [0.15, 0.2) is 46.0 Å². The van der Waals surface area contributed by atoms with Gasteiger partial charge in [-0.15, -0.1) is 0 Å². The van der Waals surface area contributed by atoms with E-state index in [-0.39, 0.29) is 5.56 Å². The highest BCUT2D eigenvalue weighted by molar-refractivity contribution is 5.73. The summed E-state index contributed by atoms with van der Waals surface area (Å²) in [6, 6.07) is 9.94. The molecule has 0 amide bonds. The first-order valence-electron chi connectivity index (χ1n) is 9.72. The summed E-state index contributed by atoms with van der Waals surface area (Å²) in [6.07, 6.45) is 3.97. The Labute approximate surface area is 173 Å². The van der Waals surface area contributed by atoms with Gasteiger partial charge in [0.25, 0.3) is 5.56 Å². The third-order valence-electron chi connectivity index (χ3n) is 5.57. The molecule has 1 aromatic carbocycles. The molecule has 0 saturated carbocycles. The lowest BCUT2D eigenvalue weighted by molar-refractivity contribution is 0.696. The van der Waals surface area contributed by atoms with Crippen LogP contribution in [0.4, 0.5) is 0 Å². The summed E-state index contributed by atoms with van der Waals surface area (Å²) in [6.45, 7) is 6.32. The fourth-order valence-electron chi connectivity index (χ4n) is 3.54. The lowest BCUT2D eigenvalue weighted by Crippen LogP contribution is -2.37. The molecule has 0 spiro atoms. The van der Waals surface area contributed by atoms with Crippen molar-refractivity contribution in [1.29, 1.82) is 0 Å². The quantitative estimate of drug-likeness (QED) is 0.523. The van der Waals surface area contributed by atoms with E-state index in [1.165, 1.54) is 11.6 Å². The van der Waals surface area contributed by atoms with Crippen LogP contribution in [0.1, 0.15) is 22.5 Å². The van der Waals surface area contributed by atoms with Gasteiger partial charge in [-0.05, 0) is 31.9 Å². The molecule has 0 bridgehead atoms. The Balaban J connectivity index is 1.97. The first-order valence-corrected chi connectivity index (χ1v) is 9.72. The zero-order valence-electron chi connectivity index (χ0n) is 17.7. The molecule has 0 aliphatic heterocycles. The highest BCUT2D eigenvalue weighted by Crippen LogP contribution is 2.20. The SMILES string of the molecule is Cc1nn(-c2nc3c(c(=O)n(C)c(=O)n3C)n2CC=Cc2ccccc2)c(C)c1C. The summed E-state index contributed by atoms with van der Waals surface area (Å²) in [7, 11) is 3.10. The number of hydrogen-bond acceptors (Lipinski definition) is 4. The van der Waals surface area contributed by atoms with E-state index in [0.29, 0.717) is 23.7 Å². The van der Waals surface area contributed by atoms with E-state index < -0.39 is 5.69 Å². The van der Waals surface area contributed by atoms with Gasteiger partial charge in [0, 0.05) is 26.3 Å². The van der Waals surface area contributed by atoms with Crippen molar-refractivity contribution in [2.24, 2.45) is 14.1 Å². The van der Waals surface area contributed by atoms with Gasteiger partial charge in [-0.1, -0.05) is 42.5 Å². The van der Waals surface area contributed by atoms with Crippen LogP contribution < -0.4 is 11.2 Å². The van der Waals surface area contributed by atoms with Crippen LogP contribution in [-0.2, 0) is 20.6 Å². The lowest BCUT2D eigenvalue weighted by atomic mass is 10.2. The van der Waals surface area contributed by atoms with E-state index in [4.69, 9.17) is 0 Å². The van der Waals surface area contributed by atoms with Gasteiger partial charge in [-0.25, -0.2) is 9.48 Å². The molecule has 0 atom stereocenters. The largest absolute Gasteiger partial charge is 0.332 e. The maximum atomic E-state index is 13.0. The summed E-state index contributed by atoms with van der Waals surface area (Å²) < 4.78 is 6.06. The zero-order valence-corrected chi connectivity index (χ0v) is 17.7. The number of nitrogens with zero attached hydrogens (tertiary/aromatic N) is 6. The van der Waals surface area contributed by atoms with Gasteiger partial charge < -0.3 is 0 Å². The maximum Gasteiger partial charge on any atom is 0.332 e. The molecule has 0 fully saturated rings. The Morgan fingerprint density at radius 2 is 1.70 bits per heavy atom. The smallest absolute Gasteiger partial charge is 0.299 e. The molecule has 0 unspecified atom stereocenters. The van der Waals surface area contributed by atoms with Crippen LogP contribution in [0.3, 0.4) is 0 Å². The summed E-state index contributed by atoms with van der Waals surface area (Å²) in [5.74, 6) is 0.509. The van der Waals surface area contributed by atoms with Gasteiger partial charge >= 0.3 is 5.69 Å². The van der Waals surface area contributed by atoms with Gasteiger partial charge in [0.15, 0.2) is 11.2 Å². The Hall–Kier alpha value is -3.68. The molecule has 3 aromatic heterocycles. The van der Waals surface area contributed by atoms with Crippen LogP contribution >= 0.6 is 0 Å². The van der Waals surface area contributed by atoms with Crippen LogP contribution in [-0.4, -0.2) is 28.5 Å². The monoisotopic (exact) mass is 404 g/mol. The van der Waals surface area contributed by atoms with Gasteiger partial charge in [0.2, 0.25) is 5.95 Å². The molecule has 0 N–H and O–H groups in total. The third-order valence-corrected chi connectivity index (χ3v) is 5.57. The molecule has 8 heteroatoms. The van der Waals surface area contributed by atoms with E-state index in [1.54, 1.807) is 11.7 Å². The zero-order chi connectivity index (χ0) is 21.6. The fourth-order valence-corrected chi connectivity index (χ4v) is 3.54. The van der Waals surface area contributed by atoms with Gasteiger partial charge in [0.1, 0.15) is 0 Å². The van der Waals surface area contributed by atoms with Gasteiger partial charge in [0.05, 0.1) is 5.69 Å². The predicted octanol–water partition coefficient (Wildman–Crippen LogP) is 2.26. The van der Waals surface area contributed by atoms with Crippen molar-refractivity contribution < 1.29 is 0 Å². The number of rotatable bonds is 4. The number of aryl methyl sites for hydroxylation is 2. The van der Waals surface area contributed by atoms with E-state index in [0.717, 1.165) is 27.1 Å². The molecular formula is C22H24N6O2. The van der Waals surface area contributed by atoms with Crippen LogP contribution in [0.25, 0.3) is 23.2 Å². The summed E-state index contributed by atoms with van der Waals surface area (Å²) in [5.41, 5.74) is 3.90. The Morgan fingerprint density at radius 1 is 1.00 bits per heavy atom. The van der Waals surface area contributed by atoms with E-state index in [9.17, 15) is 9.59 Å². The van der Waals surface area contributed by atoms with Crippen LogP contribution in [0, 0.1) is 20.8 Å². The molecule has 4 aromatic rings. The molecule has 154 valence electrons. The summed E-state index contributed by atoms with van der Waals surface area (Å²) in [5, 5.41) is 4.62. The molecule has 4 rings (SSSR count). The lowest BCUT2D eigenvalue weighted by Gasteiger charge is -2.08. The average Bonchev–Trinajstić information content (AvgIpc) is 3.24. The molecule has 30 heavy (non-hydrogen) atoms. The number of aromatic nitrogens is 6. The van der Waals surface area contributed by atoms with Gasteiger partial charge in [-0.2, -0.15) is 10.1 Å². The van der Waals surface area contributed by atoms with Gasteiger partial charge in [-0.3, -0.25) is 18.5 Å². The van der Waals surface area contributed by atoms with Crippen molar-refractivity contribution in [3.05, 3.63) is 79.8 Å². The molecule has 0 aliphatic rings. The second-order valence-electron chi connectivity index (χ2n) is 7.42. The number of allylic oxidation sites excluding steroid dienone is 1. The molecule has 0 saturated heterocycles. The molecule has 8 nitrogen and oxygen atoms in total. The highest BCUT2D eigenvalue weighted by atomic mass is 16.2. The first kappa shape index (κ1) is 19.6. The number of fused-ring (bicyclic) bond motifs is 1. The van der Waals surface area contributed by atoms with Crippen molar-refractivity contribution >= 4 is 17.2 Å². The van der Waals surface area contributed by atoms with Crippen LogP contribution in [0.5, 0.6) is 0 Å². The molecule has 0 radical (unpaired) electrons. The topological polar surface area (TPSA) is 79.6 Å². The second kappa shape index (κ2) is 7.29. The maximum absolute atomic E-state index is 13.0. The number of hydrogen-bond donors (Lipinski definition) is 0. The first-order chi connectivity index (χ1) is 14.3.